The molecule has 0 aromatic carbocycles. The van der Waals surface area contributed by atoms with Crippen molar-refractivity contribution >= 4 is 23.8 Å². The van der Waals surface area contributed by atoms with Gasteiger partial charge in [-0.25, -0.2) is 9.59 Å². The van der Waals surface area contributed by atoms with Gasteiger partial charge in [0.05, 0.1) is 12.1 Å². The molecule has 2 heterocycles. The summed E-state index contributed by atoms with van der Waals surface area (Å²) in [5.41, 5.74) is 1.04. The first-order valence-corrected chi connectivity index (χ1v) is 7.06. The zero-order valence-corrected chi connectivity index (χ0v) is 11.4. The molecule has 1 atom stereocenters. The molecule has 1 aromatic heterocycles. The van der Waals surface area contributed by atoms with E-state index >= 15 is 0 Å². The number of carboxylic acid groups (broad SMARTS) is 1. The van der Waals surface area contributed by atoms with Crippen molar-refractivity contribution in [3.05, 3.63) is 18.0 Å². The van der Waals surface area contributed by atoms with Crippen molar-refractivity contribution in [2.24, 2.45) is 7.05 Å². The van der Waals surface area contributed by atoms with Crippen LogP contribution in [0.3, 0.4) is 0 Å². The van der Waals surface area contributed by atoms with E-state index in [4.69, 9.17) is 5.11 Å². The van der Waals surface area contributed by atoms with E-state index in [9.17, 15) is 9.59 Å². The number of carboxylic acids is 1. The molecule has 1 aromatic rings. The number of thioether (sulfide) groups is 1. The number of nitrogens with zero attached hydrogens (tertiary/aromatic N) is 3. The van der Waals surface area contributed by atoms with Gasteiger partial charge in [0, 0.05) is 25.5 Å². The predicted octanol–water partition coefficient (Wildman–Crippen LogP) is 0.132. The first-order valence-electron chi connectivity index (χ1n) is 5.90. The lowest BCUT2D eigenvalue weighted by Crippen LogP contribution is -2.47. The summed E-state index contributed by atoms with van der Waals surface area (Å²) in [6.07, 6.45) is 4.31. The van der Waals surface area contributed by atoms with Crippen LogP contribution >= 0.6 is 11.8 Å². The van der Waals surface area contributed by atoms with E-state index in [1.165, 1.54) is 16.7 Å². The van der Waals surface area contributed by atoms with Crippen LogP contribution in [0.25, 0.3) is 0 Å². The quantitative estimate of drug-likeness (QED) is 0.820. The van der Waals surface area contributed by atoms with Gasteiger partial charge in [0.25, 0.3) is 0 Å². The molecule has 2 amide bonds. The molecule has 1 saturated heterocycles. The van der Waals surface area contributed by atoms with E-state index < -0.39 is 12.0 Å². The smallest absolute Gasteiger partial charge is 0.327 e. The number of urea groups is 1. The van der Waals surface area contributed by atoms with Crippen molar-refractivity contribution in [1.29, 1.82) is 0 Å². The fraction of sp³-hybridized carbons (Fsp3) is 0.545. The van der Waals surface area contributed by atoms with Gasteiger partial charge in [0.15, 0.2) is 0 Å². The fourth-order valence-corrected chi connectivity index (χ4v) is 3.01. The molecule has 1 aliphatic rings. The lowest BCUT2D eigenvalue weighted by atomic mass is 10.2. The second-order valence-corrected chi connectivity index (χ2v) is 5.33. The Morgan fingerprint density at radius 1 is 1.63 bits per heavy atom. The standard InChI is InChI=1S/C11H16N4O3S/c1-14-5-8(4-13-14)2-3-12-11(18)15-7-19-6-9(15)10(16)17/h4-5,9H,2-3,6-7H2,1H3,(H,12,18)(H,16,17)/t9-/m0/s1. The van der Waals surface area contributed by atoms with Gasteiger partial charge in [-0.15, -0.1) is 11.8 Å². The van der Waals surface area contributed by atoms with Crippen LogP contribution in [0.15, 0.2) is 12.4 Å². The number of hydrogen-bond acceptors (Lipinski definition) is 4. The van der Waals surface area contributed by atoms with Crippen molar-refractivity contribution in [2.75, 3.05) is 18.2 Å². The molecule has 2 rings (SSSR count). The number of aliphatic carboxylic acids is 1. The fourth-order valence-electron chi connectivity index (χ4n) is 1.86. The number of aromatic nitrogens is 2. The van der Waals surface area contributed by atoms with Gasteiger partial charge in [-0.1, -0.05) is 0 Å². The molecular weight excluding hydrogens is 268 g/mol. The zero-order chi connectivity index (χ0) is 13.8. The molecule has 0 saturated carbocycles. The summed E-state index contributed by atoms with van der Waals surface area (Å²) in [7, 11) is 1.83. The Morgan fingerprint density at radius 2 is 2.42 bits per heavy atom. The van der Waals surface area contributed by atoms with E-state index in [2.05, 4.69) is 10.4 Å². The second kappa shape index (κ2) is 5.96. The van der Waals surface area contributed by atoms with Crippen LogP contribution in [0.2, 0.25) is 0 Å². The lowest BCUT2D eigenvalue weighted by molar-refractivity contribution is -0.140. The summed E-state index contributed by atoms with van der Waals surface area (Å²) < 4.78 is 1.70. The van der Waals surface area contributed by atoms with Gasteiger partial charge in [-0.2, -0.15) is 5.10 Å². The topological polar surface area (TPSA) is 87.5 Å². The Bertz CT molecular complexity index is 476. The molecule has 0 spiro atoms. The van der Waals surface area contributed by atoms with E-state index in [-0.39, 0.29) is 6.03 Å². The third-order valence-electron chi connectivity index (χ3n) is 2.88. The maximum atomic E-state index is 11.9. The molecule has 19 heavy (non-hydrogen) atoms. The molecule has 1 fully saturated rings. The van der Waals surface area contributed by atoms with Gasteiger partial charge in [0.2, 0.25) is 0 Å². The lowest BCUT2D eigenvalue weighted by Gasteiger charge is -2.20. The Kier molecular flexibility index (Phi) is 4.31. The Morgan fingerprint density at radius 3 is 3.05 bits per heavy atom. The molecule has 0 radical (unpaired) electrons. The maximum absolute atomic E-state index is 11.9. The highest BCUT2D eigenvalue weighted by Gasteiger charge is 2.34. The van der Waals surface area contributed by atoms with E-state index in [1.807, 2.05) is 13.2 Å². The number of carbonyl (C=O) groups excluding carboxylic acids is 1. The average Bonchev–Trinajstić information content (AvgIpc) is 2.97. The molecule has 0 aliphatic carbocycles. The first-order chi connectivity index (χ1) is 9.08. The third-order valence-corrected chi connectivity index (χ3v) is 3.89. The van der Waals surface area contributed by atoms with Crippen LogP contribution in [-0.2, 0) is 18.3 Å². The van der Waals surface area contributed by atoms with Gasteiger partial charge in [-0.05, 0) is 12.0 Å². The van der Waals surface area contributed by atoms with Crippen LogP contribution in [0, 0.1) is 0 Å². The highest BCUT2D eigenvalue weighted by molar-refractivity contribution is 7.99. The van der Waals surface area contributed by atoms with E-state index in [0.717, 1.165) is 5.56 Å². The first kappa shape index (κ1) is 13.7. The third kappa shape index (κ3) is 3.40. The maximum Gasteiger partial charge on any atom is 0.327 e. The minimum atomic E-state index is -0.951. The van der Waals surface area contributed by atoms with Crippen LogP contribution < -0.4 is 5.32 Å². The molecule has 8 heteroatoms. The Labute approximate surface area is 115 Å². The molecule has 0 unspecified atom stereocenters. The minimum absolute atomic E-state index is 0.318. The normalized spacial score (nSPS) is 18.6. The SMILES string of the molecule is Cn1cc(CCNC(=O)N2CSC[C@H]2C(=O)O)cn1. The molecular formula is C11H16N4O3S. The Balaban J connectivity index is 1.79. The summed E-state index contributed by atoms with van der Waals surface area (Å²) in [6.45, 7) is 0.470. The van der Waals surface area contributed by atoms with Crippen molar-refractivity contribution in [3.8, 4) is 0 Å². The van der Waals surface area contributed by atoms with Crippen LogP contribution in [0.1, 0.15) is 5.56 Å². The van der Waals surface area contributed by atoms with Crippen molar-refractivity contribution < 1.29 is 14.7 Å². The summed E-state index contributed by atoms with van der Waals surface area (Å²) in [4.78, 5) is 24.2. The van der Waals surface area contributed by atoms with E-state index in [1.54, 1.807) is 10.9 Å². The van der Waals surface area contributed by atoms with Crippen LogP contribution in [0.5, 0.6) is 0 Å². The summed E-state index contributed by atoms with van der Waals surface area (Å²) in [5.74, 6) is -0.0754. The predicted molar refractivity (Wildman–Crippen MR) is 70.9 cm³/mol. The summed E-state index contributed by atoms with van der Waals surface area (Å²) in [5, 5.41) is 15.8. The number of nitrogens with one attached hydrogen (secondary N) is 1. The number of hydrogen-bond donors (Lipinski definition) is 2. The molecule has 1 aliphatic heterocycles. The molecule has 7 nitrogen and oxygen atoms in total. The molecule has 2 N–H and O–H groups in total. The Hall–Kier alpha value is -1.70. The summed E-state index contributed by atoms with van der Waals surface area (Å²) >= 11 is 1.45. The number of aryl methyl sites for hydroxylation is 1. The van der Waals surface area contributed by atoms with Crippen molar-refractivity contribution in [2.45, 2.75) is 12.5 Å². The van der Waals surface area contributed by atoms with Gasteiger partial charge >= 0.3 is 12.0 Å². The summed E-state index contributed by atoms with van der Waals surface area (Å²) in [6, 6.07) is -1.04. The van der Waals surface area contributed by atoms with Crippen LogP contribution in [0.4, 0.5) is 4.79 Å². The van der Waals surface area contributed by atoms with Crippen LogP contribution in [-0.4, -0.2) is 56.0 Å². The second-order valence-electron chi connectivity index (χ2n) is 4.33. The highest BCUT2D eigenvalue weighted by Crippen LogP contribution is 2.20. The monoisotopic (exact) mass is 284 g/mol. The average molecular weight is 284 g/mol. The molecule has 104 valence electrons. The van der Waals surface area contributed by atoms with Crippen molar-refractivity contribution in [1.82, 2.24) is 20.0 Å². The number of rotatable bonds is 4. The van der Waals surface area contributed by atoms with Gasteiger partial charge in [0.1, 0.15) is 6.04 Å². The van der Waals surface area contributed by atoms with Crippen molar-refractivity contribution in [3.63, 3.8) is 0 Å². The number of carbonyl (C=O) groups is 2. The van der Waals surface area contributed by atoms with E-state index in [0.29, 0.717) is 24.6 Å². The largest absolute Gasteiger partial charge is 0.480 e. The minimum Gasteiger partial charge on any atom is -0.480 e. The van der Waals surface area contributed by atoms with Gasteiger partial charge < -0.3 is 15.3 Å². The zero-order valence-electron chi connectivity index (χ0n) is 10.6. The van der Waals surface area contributed by atoms with Gasteiger partial charge in [-0.3, -0.25) is 4.68 Å². The number of amides is 2. The molecule has 0 bridgehead atoms. The highest BCUT2D eigenvalue weighted by atomic mass is 32.2.